The van der Waals surface area contributed by atoms with Crippen LogP contribution in [-0.4, -0.2) is 34.9 Å². The van der Waals surface area contributed by atoms with Gasteiger partial charge in [-0.05, 0) is 19.0 Å². The zero-order valence-electron chi connectivity index (χ0n) is 8.82. The molecule has 1 aliphatic heterocycles. The summed E-state index contributed by atoms with van der Waals surface area (Å²) in [5.41, 5.74) is 1.08. The van der Waals surface area contributed by atoms with Gasteiger partial charge in [-0.3, -0.25) is 4.90 Å². The van der Waals surface area contributed by atoms with Crippen molar-refractivity contribution in [3.63, 3.8) is 0 Å². The highest BCUT2D eigenvalue weighted by atomic mass is 79.9. The summed E-state index contributed by atoms with van der Waals surface area (Å²) in [5, 5.41) is 0. The Morgan fingerprint density at radius 2 is 2.47 bits per heavy atom. The van der Waals surface area contributed by atoms with E-state index in [1.54, 1.807) is 7.11 Å². The zero-order valence-corrected chi connectivity index (χ0v) is 10.4. The third kappa shape index (κ3) is 2.92. The maximum absolute atomic E-state index is 5.10. The van der Waals surface area contributed by atoms with Gasteiger partial charge in [-0.2, -0.15) is 0 Å². The quantitative estimate of drug-likeness (QED) is 0.787. The molecule has 0 bridgehead atoms. The number of aromatic nitrogens is 1. The lowest BCUT2D eigenvalue weighted by atomic mass is 10.3. The standard InChI is InChI=1S/C11H15BrN2O/c1-15-11-4-2-3-10(13-11)8-14-6-5-9(12)7-14/h2-4,9H,5-8H2,1H3. The summed E-state index contributed by atoms with van der Waals surface area (Å²) in [6.45, 7) is 3.17. The van der Waals surface area contributed by atoms with Gasteiger partial charge in [0, 0.05) is 24.0 Å². The summed E-state index contributed by atoms with van der Waals surface area (Å²) in [5.74, 6) is 0.696. The van der Waals surface area contributed by atoms with E-state index in [9.17, 15) is 0 Å². The lowest BCUT2D eigenvalue weighted by Gasteiger charge is -2.14. The van der Waals surface area contributed by atoms with E-state index in [0.29, 0.717) is 10.7 Å². The highest BCUT2D eigenvalue weighted by molar-refractivity contribution is 9.09. The van der Waals surface area contributed by atoms with Crippen LogP contribution in [0.2, 0.25) is 0 Å². The van der Waals surface area contributed by atoms with E-state index in [2.05, 4.69) is 25.8 Å². The van der Waals surface area contributed by atoms with Crippen molar-refractivity contribution in [3.05, 3.63) is 23.9 Å². The molecule has 1 aromatic heterocycles. The fourth-order valence-corrected chi connectivity index (χ4v) is 2.43. The molecule has 0 aromatic carbocycles. The largest absolute Gasteiger partial charge is 0.481 e. The molecule has 0 N–H and O–H groups in total. The minimum Gasteiger partial charge on any atom is -0.481 e. The van der Waals surface area contributed by atoms with Crippen molar-refractivity contribution >= 4 is 15.9 Å². The van der Waals surface area contributed by atoms with Gasteiger partial charge in [-0.15, -0.1) is 0 Å². The number of ether oxygens (including phenoxy) is 1. The molecule has 1 unspecified atom stereocenters. The maximum atomic E-state index is 5.10. The second kappa shape index (κ2) is 4.94. The Bertz CT molecular complexity index is 332. The molecule has 2 rings (SSSR count). The first-order chi connectivity index (χ1) is 7.28. The molecule has 0 aliphatic carbocycles. The van der Waals surface area contributed by atoms with Gasteiger partial charge in [0.15, 0.2) is 0 Å². The molecule has 15 heavy (non-hydrogen) atoms. The Labute approximate surface area is 98.6 Å². The summed E-state index contributed by atoms with van der Waals surface area (Å²) < 4.78 is 5.10. The fourth-order valence-electron chi connectivity index (χ4n) is 1.82. The van der Waals surface area contributed by atoms with Crippen LogP contribution >= 0.6 is 15.9 Å². The molecule has 0 spiro atoms. The molecule has 1 aromatic rings. The normalized spacial score (nSPS) is 21.9. The van der Waals surface area contributed by atoms with Crippen LogP contribution in [-0.2, 0) is 6.54 Å². The Hall–Kier alpha value is -0.610. The monoisotopic (exact) mass is 270 g/mol. The topological polar surface area (TPSA) is 25.4 Å². The SMILES string of the molecule is COc1cccc(CN2CCC(Br)C2)n1. The average Bonchev–Trinajstić information content (AvgIpc) is 2.64. The van der Waals surface area contributed by atoms with E-state index in [4.69, 9.17) is 4.74 Å². The number of hydrogen-bond donors (Lipinski definition) is 0. The summed E-state index contributed by atoms with van der Waals surface area (Å²) in [6.07, 6.45) is 1.23. The highest BCUT2D eigenvalue weighted by Crippen LogP contribution is 2.18. The van der Waals surface area contributed by atoms with Crippen molar-refractivity contribution in [1.29, 1.82) is 0 Å². The molecular formula is C11H15BrN2O. The van der Waals surface area contributed by atoms with Crippen molar-refractivity contribution in [2.45, 2.75) is 17.8 Å². The predicted molar refractivity (Wildman–Crippen MR) is 63.4 cm³/mol. The predicted octanol–water partition coefficient (Wildman–Crippen LogP) is 2.06. The minimum absolute atomic E-state index is 0.642. The Morgan fingerprint density at radius 3 is 3.13 bits per heavy atom. The van der Waals surface area contributed by atoms with Crippen molar-refractivity contribution in [2.75, 3.05) is 20.2 Å². The first kappa shape index (κ1) is 10.9. The Balaban J connectivity index is 1.98. The summed E-state index contributed by atoms with van der Waals surface area (Å²) in [4.78, 5) is 7.45. The van der Waals surface area contributed by atoms with Crippen LogP contribution in [0.4, 0.5) is 0 Å². The van der Waals surface area contributed by atoms with E-state index in [-0.39, 0.29) is 0 Å². The number of nitrogens with zero attached hydrogens (tertiary/aromatic N) is 2. The van der Waals surface area contributed by atoms with Crippen LogP contribution in [0.5, 0.6) is 5.88 Å². The fraction of sp³-hybridized carbons (Fsp3) is 0.545. The minimum atomic E-state index is 0.642. The van der Waals surface area contributed by atoms with Crippen molar-refractivity contribution in [1.82, 2.24) is 9.88 Å². The number of alkyl halides is 1. The first-order valence-electron chi connectivity index (χ1n) is 5.14. The number of rotatable bonds is 3. The molecule has 82 valence electrons. The lowest BCUT2D eigenvalue weighted by Crippen LogP contribution is -2.20. The van der Waals surface area contributed by atoms with E-state index in [1.165, 1.54) is 6.42 Å². The summed E-state index contributed by atoms with van der Waals surface area (Å²) in [7, 11) is 1.65. The molecule has 1 atom stereocenters. The van der Waals surface area contributed by atoms with Gasteiger partial charge in [0.25, 0.3) is 0 Å². The van der Waals surface area contributed by atoms with E-state index in [0.717, 1.165) is 25.3 Å². The number of likely N-dealkylation sites (tertiary alicyclic amines) is 1. The molecular weight excluding hydrogens is 256 g/mol. The van der Waals surface area contributed by atoms with E-state index >= 15 is 0 Å². The smallest absolute Gasteiger partial charge is 0.213 e. The molecule has 4 heteroatoms. The molecule has 0 radical (unpaired) electrons. The van der Waals surface area contributed by atoms with Crippen LogP contribution in [0.25, 0.3) is 0 Å². The molecule has 2 heterocycles. The van der Waals surface area contributed by atoms with Crippen LogP contribution in [0.3, 0.4) is 0 Å². The van der Waals surface area contributed by atoms with Gasteiger partial charge >= 0.3 is 0 Å². The van der Waals surface area contributed by atoms with Gasteiger partial charge in [0.05, 0.1) is 12.8 Å². The van der Waals surface area contributed by atoms with Crippen molar-refractivity contribution in [3.8, 4) is 5.88 Å². The molecule has 1 aliphatic rings. The number of hydrogen-bond acceptors (Lipinski definition) is 3. The number of methoxy groups -OCH3 is 1. The van der Waals surface area contributed by atoms with E-state index < -0.39 is 0 Å². The average molecular weight is 271 g/mol. The molecule has 1 saturated heterocycles. The van der Waals surface area contributed by atoms with Gasteiger partial charge in [0.1, 0.15) is 0 Å². The van der Waals surface area contributed by atoms with Gasteiger partial charge in [-0.1, -0.05) is 22.0 Å². The van der Waals surface area contributed by atoms with E-state index in [1.807, 2.05) is 18.2 Å². The van der Waals surface area contributed by atoms with Gasteiger partial charge < -0.3 is 4.74 Å². The number of pyridine rings is 1. The Morgan fingerprint density at radius 1 is 1.60 bits per heavy atom. The van der Waals surface area contributed by atoms with Gasteiger partial charge in [-0.25, -0.2) is 4.98 Å². The summed E-state index contributed by atoms with van der Waals surface area (Å²) in [6, 6.07) is 5.91. The molecule has 3 nitrogen and oxygen atoms in total. The first-order valence-corrected chi connectivity index (χ1v) is 6.06. The second-order valence-corrected chi connectivity index (χ2v) is 5.09. The zero-order chi connectivity index (χ0) is 10.7. The summed E-state index contributed by atoms with van der Waals surface area (Å²) >= 11 is 3.63. The Kier molecular flexibility index (Phi) is 3.59. The van der Waals surface area contributed by atoms with Crippen molar-refractivity contribution < 1.29 is 4.74 Å². The lowest BCUT2D eigenvalue weighted by molar-refractivity contribution is 0.324. The third-order valence-corrected chi connectivity index (χ3v) is 3.34. The third-order valence-electron chi connectivity index (χ3n) is 2.59. The van der Waals surface area contributed by atoms with Crippen LogP contribution in [0, 0.1) is 0 Å². The van der Waals surface area contributed by atoms with Crippen LogP contribution < -0.4 is 4.74 Å². The number of halogens is 1. The van der Waals surface area contributed by atoms with Crippen LogP contribution in [0.15, 0.2) is 18.2 Å². The second-order valence-electron chi connectivity index (χ2n) is 3.79. The molecule has 1 fully saturated rings. The highest BCUT2D eigenvalue weighted by Gasteiger charge is 2.20. The maximum Gasteiger partial charge on any atom is 0.213 e. The van der Waals surface area contributed by atoms with Gasteiger partial charge in [0.2, 0.25) is 5.88 Å². The van der Waals surface area contributed by atoms with Crippen molar-refractivity contribution in [2.24, 2.45) is 0 Å². The molecule has 0 saturated carbocycles. The molecule has 0 amide bonds. The van der Waals surface area contributed by atoms with Crippen LogP contribution in [0.1, 0.15) is 12.1 Å².